The average Bonchev–Trinajstić information content (AvgIpc) is 2.92. The van der Waals surface area contributed by atoms with Crippen LogP contribution in [0.2, 0.25) is 0 Å². The summed E-state index contributed by atoms with van der Waals surface area (Å²) in [5.74, 6) is 1.96. The fourth-order valence-electron chi connectivity index (χ4n) is 4.99. The van der Waals surface area contributed by atoms with Crippen molar-refractivity contribution < 1.29 is 4.74 Å². The highest BCUT2D eigenvalue weighted by Gasteiger charge is 2.37. The van der Waals surface area contributed by atoms with E-state index in [1.165, 1.54) is 17.6 Å². The van der Waals surface area contributed by atoms with E-state index in [2.05, 4.69) is 77.3 Å². The van der Waals surface area contributed by atoms with E-state index in [0.29, 0.717) is 29.4 Å². The SMILES string of the molecule is C=C(C)CC.CC.CCc1cccc(C2CN(CCCOc3ccc(C#N)cc3)CCC2(C)C)c1C(C)C. The molecule has 1 fully saturated rings. The monoisotopic (exact) mass is 518 g/mol. The number of nitrogens with zero attached hydrogens (tertiary/aromatic N) is 2. The first-order valence-electron chi connectivity index (χ1n) is 14.7. The molecule has 0 aromatic heterocycles. The molecular weight excluding hydrogens is 464 g/mol. The molecule has 1 atom stereocenters. The van der Waals surface area contributed by atoms with Crippen LogP contribution < -0.4 is 4.74 Å². The zero-order chi connectivity index (χ0) is 28.7. The lowest BCUT2D eigenvalue weighted by molar-refractivity contribution is 0.0978. The first-order valence-corrected chi connectivity index (χ1v) is 14.7. The molecule has 1 unspecified atom stereocenters. The maximum Gasteiger partial charge on any atom is 0.119 e. The minimum absolute atomic E-state index is 0.311. The predicted octanol–water partition coefficient (Wildman–Crippen LogP) is 9.53. The summed E-state index contributed by atoms with van der Waals surface area (Å²) in [6.45, 7) is 27.7. The summed E-state index contributed by atoms with van der Waals surface area (Å²) in [6, 6.07) is 16.5. The Hall–Kier alpha value is -2.57. The highest BCUT2D eigenvalue weighted by atomic mass is 16.5. The molecular formula is C35H54N2O. The molecule has 3 nitrogen and oxygen atoms in total. The Balaban J connectivity index is 0.000000924. The van der Waals surface area contributed by atoms with Crippen molar-refractivity contribution in [3.8, 4) is 11.8 Å². The number of hydrogen-bond donors (Lipinski definition) is 0. The van der Waals surface area contributed by atoms with Crippen molar-refractivity contribution in [2.24, 2.45) is 5.41 Å². The second kappa shape index (κ2) is 17.1. The lowest BCUT2D eigenvalue weighted by Crippen LogP contribution is -2.44. The molecule has 2 aromatic carbocycles. The predicted molar refractivity (Wildman–Crippen MR) is 165 cm³/mol. The van der Waals surface area contributed by atoms with Crippen molar-refractivity contribution in [2.45, 2.75) is 99.8 Å². The van der Waals surface area contributed by atoms with Gasteiger partial charge in [0, 0.05) is 19.0 Å². The van der Waals surface area contributed by atoms with Crippen LogP contribution in [0.15, 0.2) is 54.6 Å². The molecule has 1 aliphatic rings. The van der Waals surface area contributed by atoms with E-state index in [1.807, 2.05) is 45.0 Å². The molecule has 0 saturated carbocycles. The Morgan fingerprint density at radius 1 is 1.13 bits per heavy atom. The van der Waals surface area contributed by atoms with E-state index in [-0.39, 0.29) is 0 Å². The van der Waals surface area contributed by atoms with E-state index < -0.39 is 0 Å². The number of benzene rings is 2. The molecule has 1 heterocycles. The molecule has 0 N–H and O–H groups in total. The molecule has 38 heavy (non-hydrogen) atoms. The summed E-state index contributed by atoms with van der Waals surface area (Å²) >= 11 is 0. The quantitative estimate of drug-likeness (QED) is 0.245. The number of ether oxygens (including phenoxy) is 1. The Labute approximate surface area is 234 Å². The third kappa shape index (κ3) is 10.3. The van der Waals surface area contributed by atoms with Crippen molar-refractivity contribution >= 4 is 0 Å². The first kappa shape index (κ1) is 33.5. The average molecular weight is 519 g/mol. The zero-order valence-electron chi connectivity index (χ0n) is 25.9. The maximum atomic E-state index is 8.91. The number of aryl methyl sites for hydroxylation is 1. The zero-order valence-corrected chi connectivity index (χ0v) is 25.9. The van der Waals surface area contributed by atoms with E-state index in [4.69, 9.17) is 10.00 Å². The van der Waals surface area contributed by atoms with Gasteiger partial charge in [-0.3, -0.25) is 0 Å². The van der Waals surface area contributed by atoms with Crippen LogP contribution >= 0.6 is 0 Å². The van der Waals surface area contributed by atoms with Crippen LogP contribution in [0.3, 0.4) is 0 Å². The summed E-state index contributed by atoms with van der Waals surface area (Å²) in [4.78, 5) is 2.63. The first-order chi connectivity index (χ1) is 18.1. The second-order valence-electron chi connectivity index (χ2n) is 11.2. The van der Waals surface area contributed by atoms with Gasteiger partial charge in [-0.15, -0.1) is 6.58 Å². The molecule has 1 aliphatic heterocycles. The van der Waals surface area contributed by atoms with Crippen molar-refractivity contribution in [2.75, 3.05) is 26.2 Å². The third-order valence-corrected chi connectivity index (χ3v) is 7.49. The van der Waals surface area contributed by atoms with E-state index in [9.17, 15) is 0 Å². The van der Waals surface area contributed by atoms with Gasteiger partial charge in [-0.2, -0.15) is 5.26 Å². The minimum Gasteiger partial charge on any atom is -0.494 e. The summed E-state index contributed by atoms with van der Waals surface area (Å²) in [5, 5.41) is 8.91. The number of hydrogen-bond acceptors (Lipinski definition) is 3. The van der Waals surface area contributed by atoms with Crippen LogP contribution in [0.4, 0.5) is 0 Å². The summed E-state index contributed by atoms with van der Waals surface area (Å²) in [5.41, 5.74) is 6.89. The molecule has 3 heteroatoms. The van der Waals surface area contributed by atoms with Gasteiger partial charge in [0.25, 0.3) is 0 Å². The van der Waals surface area contributed by atoms with Crippen molar-refractivity contribution in [1.29, 1.82) is 5.26 Å². The summed E-state index contributed by atoms with van der Waals surface area (Å²) < 4.78 is 5.89. The number of rotatable bonds is 9. The Morgan fingerprint density at radius 3 is 2.29 bits per heavy atom. The number of nitriles is 1. The minimum atomic E-state index is 0.311. The topological polar surface area (TPSA) is 36.3 Å². The van der Waals surface area contributed by atoms with E-state index in [0.717, 1.165) is 44.6 Å². The molecule has 0 radical (unpaired) electrons. The van der Waals surface area contributed by atoms with Crippen LogP contribution in [0.25, 0.3) is 0 Å². The number of likely N-dealkylation sites (tertiary alicyclic amines) is 1. The Kier molecular flexibility index (Phi) is 15.1. The largest absolute Gasteiger partial charge is 0.494 e. The summed E-state index contributed by atoms with van der Waals surface area (Å²) in [7, 11) is 0. The van der Waals surface area contributed by atoms with Gasteiger partial charge < -0.3 is 9.64 Å². The van der Waals surface area contributed by atoms with Crippen molar-refractivity contribution in [3.63, 3.8) is 0 Å². The summed E-state index contributed by atoms with van der Waals surface area (Å²) in [6.07, 6.45) is 4.45. The lowest BCUT2D eigenvalue weighted by Gasteiger charge is -2.45. The van der Waals surface area contributed by atoms with Gasteiger partial charge in [-0.1, -0.05) is 79.2 Å². The van der Waals surface area contributed by atoms with Gasteiger partial charge in [0.2, 0.25) is 0 Å². The molecule has 3 rings (SSSR count). The van der Waals surface area contributed by atoms with Crippen molar-refractivity contribution in [1.82, 2.24) is 4.90 Å². The third-order valence-electron chi connectivity index (χ3n) is 7.49. The molecule has 0 spiro atoms. The lowest BCUT2D eigenvalue weighted by atomic mass is 9.68. The molecule has 2 aromatic rings. The van der Waals surface area contributed by atoms with Crippen molar-refractivity contribution in [3.05, 3.63) is 76.9 Å². The van der Waals surface area contributed by atoms with Gasteiger partial charge in [0.15, 0.2) is 0 Å². The van der Waals surface area contributed by atoms with Crippen LogP contribution in [-0.2, 0) is 6.42 Å². The van der Waals surface area contributed by atoms with E-state index in [1.54, 1.807) is 11.1 Å². The maximum absolute atomic E-state index is 8.91. The molecule has 0 amide bonds. The van der Waals surface area contributed by atoms with Gasteiger partial charge in [0.05, 0.1) is 18.2 Å². The Bertz CT molecular complexity index is 998. The highest BCUT2D eigenvalue weighted by Crippen LogP contribution is 2.45. The molecule has 1 saturated heterocycles. The smallest absolute Gasteiger partial charge is 0.119 e. The normalized spacial score (nSPS) is 16.4. The molecule has 0 bridgehead atoms. The van der Waals surface area contributed by atoms with Crippen LogP contribution in [0.5, 0.6) is 5.75 Å². The number of allylic oxidation sites excluding steroid dienone is 1. The Morgan fingerprint density at radius 2 is 1.76 bits per heavy atom. The van der Waals surface area contributed by atoms with Gasteiger partial charge in [0.1, 0.15) is 5.75 Å². The van der Waals surface area contributed by atoms with Gasteiger partial charge >= 0.3 is 0 Å². The van der Waals surface area contributed by atoms with Gasteiger partial charge in [-0.05, 0) is 91.4 Å². The fourth-order valence-corrected chi connectivity index (χ4v) is 4.99. The standard InChI is InChI=1S/C28H38N2O.C5H10.C2H6/c1-6-23-9-7-10-25(27(23)21(2)3)26-20-30(17-15-28(26,4)5)16-8-18-31-24-13-11-22(19-29)12-14-24;1-4-5(2)3;1-2/h7,9-14,21,26H,6,8,15-18,20H2,1-5H3;2,4H2,1,3H3;1-2H3. The van der Waals surface area contributed by atoms with E-state index >= 15 is 0 Å². The van der Waals surface area contributed by atoms with Gasteiger partial charge in [-0.25, -0.2) is 0 Å². The number of piperidine rings is 1. The molecule has 210 valence electrons. The molecule has 0 aliphatic carbocycles. The fraction of sp³-hybridized carbons (Fsp3) is 0.571. The van der Waals surface area contributed by atoms with Crippen LogP contribution in [-0.4, -0.2) is 31.1 Å². The second-order valence-corrected chi connectivity index (χ2v) is 11.2. The highest BCUT2D eigenvalue weighted by molar-refractivity contribution is 5.41. The van der Waals surface area contributed by atoms with Crippen LogP contribution in [0, 0.1) is 16.7 Å². The van der Waals surface area contributed by atoms with Crippen LogP contribution in [0.1, 0.15) is 116 Å².